The van der Waals surface area contributed by atoms with Gasteiger partial charge in [-0.15, -0.1) is 0 Å². The van der Waals surface area contributed by atoms with Crippen molar-refractivity contribution in [2.24, 2.45) is 0 Å². The zero-order chi connectivity index (χ0) is 17.4. The molecule has 2 aromatic rings. The van der Waals surface area contributed by atoms with Crippen molar-refractivity contribution in [2.45, 2.75) is 25.7 Å². The lowest BCUT2D eigenvalue weighted by Crippen LogP contribution is -1.96. The maximum Gasteiger partial charge on any atom is 0.00718 e. The Labute approximate surface area is 179 Å². The molecule has 0 radical (unpaired) electrons. The molecule has 0 unspecified atom stereocenters. The fourth-order valence-electron chi connectivity index (χ4n) is 2.87. The molecular formula is C20H22Br4. The largest absolute Gasteiger partial charge is 0.0924 e. The lowest BCUT2D eigenvalue weighted by atomic mass is 9.94. The highest BCUT2D eigenvalue weighted by Crippen LogP contribution is 2.27. The molecule has 0 atom stereocenters. The predicted octanol–water partition coefficient (Wildman–Crippen LogP) is 7.10. The molecule has 0 spiro atoms. The summed E-state index contributed by atoms with van der Waals surface area (Å²) >= 11 is 14.3. The zero-order valence-electron chi connectivity index (χ0n) is 13.6. The van der Waals surface area contributed by atoms with E-state index in [-0.39, 0.29) is 0 Å². The van der Waals surface area contributed by atoms with Gasteiger partial charge in [0, 0.05) is 21.3 Å². The Kier molecular flexibility index (Phi) is 9.61. The van der Waals surface area contributed by atoms with E-state index >= 15 is 0 Å². The fourth-order valence-corrected chi connectivity index (χ4v) is 4.70. The predicted molar refractivity (Wildman–Crippen MR) is 122 cm³/mol. The molecule has 0 heterocycles. The standard InChI is InChI=1S/C20H22Br4/c21-5-1-15-9-16(2-6-22)12-19(11-15)20-13-17(3-7-23)10-18(14-20)4-8-24/h9-14H,1-8H2. The molecule has 0 amide bonds. The first-order valence-electron chi connectivity index (χ1n) is 8.20. The van der Waals surface area contributed by atoms with Crippen molar-refractivity contribution in [3.63, 3.8) is 0 Å². The van der Waals surface area contributed by atoms with Crippen molar-refractivity contribution in [2.75, 3.05) is 21.3 Å². The molecule has 0 saturated heterocycles. The second kappa shape index (κ2) is 11.2. The van der Waals surface area contributed by atoms with Gasteiger partial charge < -0.3 is 0 Å². The van der Waals surface area contributed by atoms with E-state index in [9.17, 15) is 0 Å². The number of aryl methyl sites for hydroxylation is 4. The highest BCUT2D eigenvalue weighted by Gasteiger charge is 2.07. The monoisotopic (exact) mass is 578 g/mol. The minimum atomic E-state index is 1.00. The molecule has 0 saturated carbocycles. The molecule has 0 aliphatic heterocycles. The quantitative estimate of drug-likeness (QED) is 0.277. The summed E-state index contributed by atoms with van der Waals surface area (Å²) in [6, 6.07) is 14.1. The van der Waals surface area contributed by atoms with Crippen molar-refractivity contribution in [1.29, 1.82) is 0 Å². The Hall–Kier alpha value is 0.360. The Bertz CT molecular complexity index is 546. The molecular weight excluding hydrogens is 560 g/mol. The topological polar surface area (TPSA) is 0 Å². The number of rotatable bonds is 9. The van der Waals surface area contributed by atoms with Gasteiger partial charge in [-0.05, 0) is 59.1 Å². The van der Waals surface area contributed by atoms with E-state index in [2.05, 4.69) is 100 Å². The van der Waals surface area contributed by atoms with Crippen molar-refractivity contribution in [3.8, 4) is 11.1 Å². The summed E-state index contributed by atoms with van der Waals surface area (Å²) in [6.45, 7) is 0. The van der Waals surface area contributed by atoms with Crippen LogP contribution in [0.3, 0.4) is 0 Å². The van der Waals surface area contributed by atoms with Crippen molar-refractivity contribution in [1.82, 2.24) is 0 Å². The van der Waals surface area contributed by atoms with Gasteiger partial charge in [0.15, 0.2) is 0 Å². The van der Waals surface area contributed by atoms with Gasteiger partial charge >= 0.3 is 0 Å². The third kappa shape index (κ3) is 6.26. The molecule has 0 aliphatic rings. The van der Waals surface area contributed by atoms with Gasteiger partial charge in [0.05, 0.1) is 0 Å². The molecule has 2 rings (SSSR count). The average molecular weight is 582 g/mol. The van der Waals surface area contributed by atoms with E-state index in [1.54, 1.807) is 0 Å². The van der Waals surface area contributed by atoms with Gasteiger partial charge in [-0.1, -0.05) is 100 Å². The number of halogens is 4. The van der Waals surface area contributed by atoms with Gasteiger partial charge in [-0.2, -0.15) is 0 Å². The fraction of sp³-hybridized carbons (Fsp3) is 0.400. The molecule has 0 bridgehead atoms. The second-order valence-electron chi connectivity index (χ2n) is 5.83. The van der Waals surface area contributed by atoms with Gasteiger partial charge in [-0.3, -0.25) is 0 Å². The Morgan fingerprint density at radius 1 is 0.417 bits per heavy atom. The van der Waals surface area contributed by atoms with Crippen LogP contribution in [-0.4, -0.2) is 21.3 Å². The van der Waals surface area contributed by atoms with Crippen LogP contribution in [0, 0.1) is 0 Å². The number of hydrogen-bond donors (Lipinski definition) is 0. The summed E-state index contributed by atoms with van der Waals surface area (Å²) in [5.74, 6) is 0. The molecule has 0 aromatic heterocycles. The van der Waals surface area contributed by atoms with E-state index in [4.69, 9.17) is 0 Å². The van der Waals surface area contributed by atoms with Gasteiger partial charge in [0.25, 0.3) is 0 Å². The van der Waals surface area contributed by atoms with Crippen LogP contribution in [0.2, 0.25) is 0 Å². The Morgan fingerprint density at radius 2 is 0.667 bits per heavy atom. The summed E-state index contributed by atoms with van der Waals surface area (Å²) < 4.78 is 0. The number of hydrogen-bond acceptors (Lipinski definition) is 0. The number of alkyl halides is 4. The molecule has 4 heteroatoms. The van der Waals surface area contributed by atoms with Crippen LogP contribution in [0.4, 0.5) is 0 Å². The molecule has 0 fully saturated rings. The first-order valence-corrected chi connectivity index (χ1v) is 12.7. The maximum absolute atomic E-state index is 3.58. The van der Waals surface area contributed by atoms with Crippen molar-refractivity contribution < 1.29 is 0 Å². The Balaban J connectivity index is 2.47. The first kappa shape index (κ1) is 20.7. The highest BCUT2D eigenvalue weighted by molar-refractivity contribution is 9.09. The lowest BCUT2D eigenvalue weighted by Gasteiger charge is -2.12. The average Bonchev–Trinajstić information content (AvgIpc) is 2.56. The summed E-state index contributed by atoms with van der Waals surface area (Å²) in [5, 5.41) is 4.01. The van der Waals surface area contributed by atoms with Crippen molar-refractivity contribution >= 4 is 63.7 Å². The van der Waals surface area contributed by atoms with E-state index < -0.39 is 0 Å². The summed E-state index contributed by atoms with van der Waals surface area (Å²) in [4.78, 5) is 0. The SMILES string of the molecule is BrCCc1cc(CCBr)cc(-c2cc(CCBr)cc(CCBr)c2)c1. The minimum Gasteiger partial charge on any atom is -0.0924 e. The van der Waals surface area contributed by atoms with Crippen LogP contribution < -0.4 is 0 Å². The highest BCUT2D eigenvalue weighted by atomic mass is 79.9. The van der Waals surface area contributed by atoms with Crippen LogP contribution in [-0.2, 0) is 25.7 Å². The molecule has 0 N–H and O–H groups in total. The molecule has 130 valence electrons. The number of benzene rings is 2. The lowest BCUT2D eigenvalue weighted by molar-refractivity contribution is 1.10. The van der Waals surface area contributed by atoms with E-state index in [1.165, 1.54) is 33.4 Å². The van der Waals surface area contributed by atoms with E-state index in [1.807, 2.05) is 0 Å². The van der Waals surface area contributed by atoms with E-state index in [0.717, 1.165) is 47.0 Å². The van der Waals surface area contributed by atoms with Crippen LogP contribution in [0.25, 0.3) is 11.1 Å². The third-order valence-corrected chi connectivity index (χ3v) is 5.56. The van der Waals surface area contributed by atoms with Gasteiger partial charge in [0.1, 0.15) is 0 Å². The minimum absolute atomic E-state index is 1.00. The third-order valence-electron chi connectivity index (χ3n) is 3.97. The molecule has 2 aromatic carbocycles. The van der Waals surface area contributed by atoms with Gasteiger partial charge in [-0.25, -0.2) is 0 Å². The molecule has 0 aliphatic carbocycles. The van der Waals surface area contributed by atoms with Crippen molar-refractivity contribution in [3.05, 3.63) is 58.7 Å². The van der Waals surface area contributed by atoms with Crippen LogP contribution in [0.15, 0.2) is 36.4 Å². The van der Waals surface area contributed by atoms with Gasteiger partial charge in [0.2, 0.25) is 0 Å². The van der Waals surface area contributed by atoms with Crippen LogP contribution >= 0.6 is 63.7 Å². The Morgan fingerprint density at radius 3 is 0.875 bits per heavy atom. The summed E-state index contributed by atoms with van der Waals surface area (Å²) in [6.07, 6.45) is 4.27. The second-order valence-corrected chi connectivity index (χ2v) is 9.00. The zero-order valence-corrected chi connectivity index (χ0v) is 20.0. The van der Waals surface area contributed by atoms with Crippen LogP contribution in [0.5, 0.6) is 0 Å². The summed E-state index contributed by atoms with van der Waals surface area (Å²) in [5.41, 5.74) is 8.33. The molecule has 24 heavy (non-hydrogen) atoms. The first-order chi connectivity index (χ1) is 11.7. The van der Waals surface area contributed by atoms with E-state index in [0.29, 0.717) is 0 Å². The molecule has 0 nitrogen and oxygen atoms in total. The smallest absolute Gasteiger partial charge is 0.00718 e. The summed E-state index contributed by atoms with van der Waals surface area (Å²) in [7, 11) is 0. The van der Waals surface area contributed by atoms with Crippen LogP contribution in [0.1, 0.15) is 22.3 Å². The maximum atomic E-state index is 3.58. The normalized spacial score (nSPS) is 11.0.